The van der Waals surface area contributed by atoms with Crippen molar-refractivity contribution in [2.45, 2.75) is 13.5 Å². The number of hydrogen-bond acceptors (Lipinski definition) is 3. The Labute approximate surface area is 137 Å². The van der Waals surface area contributed by atoms with Gasteiger partial charge in [0.1, 0.15) is 5.82 Å². The Morgan fingerprint density at radius 3 is 2.65 bits per heavy atom. The first-order valence-electron chi connectivity index (χ1n) is 7.17. The summed E-state index contributed by atoms with van der Waals surface area (Å²) in [5.41, 5.74) is 3.31. The normalized spacial score (nSPS) is 10.5. The maximum Gasteiger partial charge on any atom is 0.251 e. The first kappa shape index (κ1) is 15.4. The highest BCUT2D eigenvalue weighted by Gasteiger charge is 2.06. The van der Waals surface area contributed by atoms with Crippen LogP contribution >= 0.6 is 11.3 Å². The van der Waals surface area contributed by atoms with Gasteiger partial charge in [-0.2, -0.15) is 0 Å². The predicted molar refractivity (Wildman–Crippen MR) is 89.9 cm³/mol. The summed E-state index contributed by atoms with van der Waals surface area (Å²) >= 11 is 1.62. The molecule has 116 valence electrons. The molecule has 3 rings (SSSR count). The Bertz CT molecular complexity index is 827. The first-order valence-corrected chi connectivity index (χ1v) is 8.05. The lowest BCUT2D eigenvalue weighted by Crippen LogP contribution is -2.22. The number of thiazole rings is 1. The van der Waals surface area contributed by atoms with Crippen molar-refractivity contribution in [2.24, 2.45) is 0 Å². The highest BCUT2D eigenvalue weighted by Crippen LogP contribution is 2.21. The molecule has 1 N–H and O–H groups in total. The lowest BCUT2D eigenvalue weighted by Gasteiger charge is -2.06. The molecule has 23 heavy (non-hydrogen) atoms. The van der Waals surface area contributed by atoms with E-state index in [2.05, 4.69) is 10.3 Å². The summed E-state index contributed by atoms with van der Waals surface area (Å²) in [6, 6.07) is 13.5. The Morgan fingerprint density at radius 2 is 2.00 bits per heavy atom. The van der Waals surface area contributed by atoms with Gasteiger partial charge in [-0.25, -0.2) is 9.37 Å². The number of carbonyl (C=O) groups excluding carboxylic acids is 1. The number of aromatic nitrogens is 1. The Kier molecular flexibility index (Phi) is 4.48. The number of halogens is 1. The maximum absolute atomic E-state index is 13.1. The van der Waals surface area contributed by atoms with E-state index in [1.165, 1.54) is 18.2 Å². The van der Waals surface area contributed by atoms with Crippen LogP contribution in [0.5, 0.6) is 0 Å². The van der Waals surface area contributed by atoms with Crippen LogP contribution in [0.4, 0.5) is 4.39 Å². The van der Waals surface area contributed by atoms with Gasteiger partial charge < -0.3 is 5.32 Å². The van der Waals surface area contributed by atoms with Crippen molar-refractivity contribution in [3.8, 4) is 11.3 Å². The molecule has 0 unspecified atom stereocenters. The second-order valence-electron chi connectivity index (χ2n) is 5.14. The molecule has 1 heterocycles. The second kappa shape index (κ2) is 6.71. The molecule has 0 aliphatic carbocycles. The van der Waals surface area contributed by atoms with Crippen LogP contribution in [0.1, 0.15) is 20.9 Å². The van der Waals surface area contributed by atoms with Crippen LogP contribution in [0.25, 0.3) is 11.3 Å². The summed E-state index contributed by atoms with van der Waals surface area (Å²) in [6.45, 7) is 2.37. The fourth-order valence-corrected chi connectivity index (χ4v) is 2.83. The van der Waals surface area contributed by atoms with Crippen molar-refractivity contribution in [3.63, 3.8) is 0 Å². The third kappa shape index (κ3) is 3.81. The lowest BCUT2D eigenvalue weighted by atomic mass is 10.1. The minimum Gasteiger partial charge on any atom is -0.348 e. The topological polar surface area (TPSA) is 42.0 Å². The fraction of sp³-hybridized carbons (Fsp3) is 0.111. The van der Waals surface area contributed by atoms with Gasteiger partial charge in [-0.3, -0.25) is 4.79 Å². The minimum atomic E-state index is -0.416. The van der Waals surface area contributed by atoms with Gasteiger partial charge in [0, 0.05) is 23.1 Å². The third-order valence-electron chi connectivity index (χ3n) is 3.41. The summed E-state index contributed by atoms with van der Waals surface area (Å²) in [7, 11) is 0. The Hall–Kier alpha value is -2.53. The molecule has 0 bridgehead atoms. The smallest absolute Gasteiger partial charge is 0.251 e. The second-order valence-corrected chi connectivity index (χ2v) is 6.20. The van der Waals surface area contributed by atoms with Crippen LogP contribution in [0, 0.1) is 12.7 Å². The summed E-state index contributed by atoms with van der Waals surface area (Å²) in [6.07, 6.45) is 0. The standard InChI is InChI=1S/C18H15FN2OS/c1-12-21-17(11-23-12)14-7-5-13(6-8-14)10-20-18(22)15-3-2-4-16(19)9-15/h2-9,11H,10H2,1H3,(H,20,22). The van der Waals surface area contributed by atoms with Crippen molar-refractivity contribution in [2.75, 3.05) is 0 Å². The SMILES string of the molecule is Cc1nc(-c2ccc(CNC(=O)c3cccc(F)c3)cc2)cs1. The van der Waals surface area contributed by atoms with Gasteiger partial charge in [-0.1, -0.05) is 30.3 Å². The molecule has 5 heteroatoms. The molecule has 3 aromatic rings. The molecule has 1 amide bonds. The van der Waals surface area contributed by atoms with Gasteiger partial charge in [-0.05, 0) is 30.7 Å². The van der Waals surface area contributed by atoms with Crippen LogP contribution < -0.4 is 5.32 Å². The van der Waals surface area contributed by atoms with Crippen LogP contribution in [0.15, 0.2) is 53.9 Å². The van der Waals surface area contributed by atoms with E-state index in [1.807, 2.05) is 36.6 Å². The van der Waals surface area contributed by atoms with Crippen molar-refractivity contribution < 1.29 is 9.18 Å². The van der Waals surface area contributed by atoms with E-state index < -0.39 is 5.82 Å². The number of nitrogens with one attached hydrogen (secondary N) is 1. The highest BCUT2D eigenvalue weighted by atomic mass is 32.1. The van der Waals surface area contributed by atoms with E-state index in [4.69, 9.17) is 0 Å². The highest BCUT2D eigenvalue weighted by molar-refractivity contribution is 7.09. The van der Waals surface area contributed by atoms with E-state index >= 15 is 0 Å². The van der Waals surface area contributed by atoms with Crippen molar-refractivity contribution in [1.29, 1.82) is 0 Å². The quantitative estimate of drug-likeness (QED) is 0.781. The summed E-state index contributed by atoms with van der Waals surface area (Å²) in [4.78, 5) is 16.4. The van der Waals surface area contributed by atoms with Crippen LogP contribution in [0.2, 0.25) is 0 Å². The number of rotatable bonds is 4. The van der Waals surface area contributed by atoms with Crippen molar-refractivity contribution >= 4 is 17.2 Å². The number of hydrogen-bond donors (Lipinski definition) is 1. The largest absolute Gasteiger partial charge is 0.348 e. The van der Waals surface area contributed by atoms with Crippen molar-refractivity contribution in [1.82, 2.24) is 10.3 Å². The molecular formula is C18H15FN2OS. The van der Waals surface area contributed by atoms with E-state index in [0.29, 0.717) is 12.1 Å². The van der Waals surface area contributed by atoms with E-state index in [1.54, 1.807) is 17.4 Å². The van der Waals surface area contributed by atoms with E-state index in [9.17, 15) is 9.18 Å². The van der Waals surface area contributed by atoms with E-state index in [-0.39, 0.29) is 5.91 Å². The molecule has 3 nitrogen and oxygen atoms in total. The fourth-order valence-electron chi connectivity index (χ4n) is 2.20. The van der Waals surface area contributed by atoms with Crippen LogP contribution in [-0.4, -0.2) is 10.9 Å². The van der Waals surface area contributed by atoms with Gasteiger partial charge in [0.05, 0.1) is 10.7 Å². The number of carbonyl (C=O) groups is 1. The minimum absolute atomic E-state index is 0.288. The van der Waals surface area contributed by atoms with Gasteiger partial charge in [-0.15, -0.1) is 11.3 Å². The Morgan fingerprint density at radius 1 is 1.22 bits per heavy atom. The van der Waals surface area contributed by atoms with Gasteiger partial charge in [0.15, 0.2) is 0 Å². The lowest BCUT2D eigenvalue weighted by molar-refractivity contribution is 0.0950. The molecule has 0 aliphatic rings. The molecule has 0 radical (unpaired) electrons. The zero-order chi connectivity index (χ0) is 16.2. The summed E-state index contributed by atoms with van der Waals surface area (Å²) in [5, 5.41) is 5.84. The predicted octanol–water partition coefficient (Wildman–Crippen LogP) is 4.19. The molecule has 0 fully saturated rings. The van der Waals surface area contributed by atoms with Crippen LogP contribution in [0.3, 0.4) is 0 Å². The van der Waals surface area contributed by atoms with Gasteiger partial charge in [0.25, 0.3) is 5.91 Å². The number of nitrogens with zero attached hydrogens (tertiary/aromatic N) is 1. The summed E-state index contributed by atoms with van der Waals surface area (Å²) in [5.74, 6) is -0.704. The number of aryl methyl sites for hydroxylation is 1. The average molecular weight is 326 g/mol. The zero-order valence-electron chi connectivity index (χ0n) is 12.5. The monoisotopic (exact) mass is 326 g/mol. The van der Waals surface area contributed by atoms with E-state index in [0.717, 1.165) is 21.8 Å². The van der Waals surface area contributed by atoms with Gasteiger partial charge >= 0.3 is 0 Å². The van der Waals surface area contributed by atoms with Gasteiger partial charge in [0.2, 0.25) is 0 Å². The summed E-state index contributed by atoms with van der Waals surface area (Å²) < 4.78 is 13.1. The molecule has 0 aliphatic heterocycles. The molecule has 0 saturated heterocycles. The maximum atomic E-state index is 13.1. The average Bonchev–Trinajstić information content (AvgIpc) is 2.99. The van der Waals surface area contributed by atoms with Crippen molar-refractivity contribution in [3.05, 3.63) is 75.9 Å². The zero-order valence-corrected chi connectivity index (χ0v) is 13.4. The first-order chi connectivity index (χ1) is 11.1. The molecule has 2 aromatic carbocycles. The number of benzene rings is 2. The molecule has 0 atom stereocenters. The molecular weight excluding hydrogens is 311 g/mol. The third-order valence-corrected chi connectivity index (χ3v) is 4.18. The number of amides is 1. The van der Waals surface area contributed by atoms with Crippen LogP contribution in [-0.2, 0) is 6.54 Å². The molecule has 0 saturated carbocycles. The molecule has 0 spiro atoms. The Balaban J connectivity index is 1.63. The molecule has 1 aromatic heterocycles.